The lowest BCUT2D eigenvalue weighted by Crippen LogP contribution is -2.51. The molecule has 1 N–H and O–H groups in total. The molecular weight excluding hydrogens is 186 g/mol. The van der Waals surface area contributed by atoms with Crippen molar-refractivity contribution in [3.8, 4) is 0 Å². The summed E-state index contributed by atoms with van der Waals surface area (Å²) in [5.41, 5.74) is -0.314. The zero-order valence-electron chi connectivity index (χ0n) is 11.3. The summed E-state index contributed by atoms with van der Waals surface area (Å²) in [5.74, 6) is 0.263. The van der Waals surface area contributed by atoms with Gasteiger partial charge in [0.1, 0.15) is 0 Å². The van der Waals surface area contributed by atoms with E-state index in [0.29, 0.717) is 0 Å². The van der Waals surface area contributed by atoms with Crippen LogP contribution in [0, 0.1) is 11.8 Å². The Labute approximate surface area is 94.8 Å². The number of hydrogen-bond acceptors (Lipinski definition) is 2. The van der Waals surface area contributed by atoms with Gasteiger partial charge in [-0.1, -0.05) is 34.1 Å². The minimum atomic E-state index is -0.283. The molecule has 0 saturated carbocycles. The maximum absolute atomic E-state index is 12.1. The van der Waals surface area contributed by atoms with Gasteiger partial charge in [-0.15, -0.1) is 0 Å². The first-order chi connectivity index (χ1) is 6.58. The predicted octanol–water partition coefficient (Wildman–Crippen LogP) is 2.97. The molecule has 0 rings (SSSR count). The molecule has 0 aromatic rings. The Morgan fingerprint density at radius 2 is 1.67 bits per heavy atom. The lowest BCUT2D eigenvalue weighted by atomic mass is 9.84. The molecule has 0 aromatic carbocycles. The highest BCUT2D eigenvalue weighted by Crippen LogP contribution is 2.20. The highest BCUT2D eigenvalue weighted by atomic mass is 16.1. The van der Waals surface area contributed by atoms with Crippen molar-refractivity contribution in [3.05, 3.63) is 6.42 Å². The quantitative estimate of drug-likeness (QED) is 0.776. The summed E-state index contributed by atoms with van der Waals surface area (Å²) in [6.07, 6.45) is 2.97. The Morgan fingerprint density at radius 1 is 1.20 bits per heavy atom. The zero-order chi connectivity index (χ0) is 12.3. The van der Waals surface area contributed by atoms with E-state index in [1.165, 1.54) is 0 Å². The van der Waals surface area contributed by atoms with Crippen LogP contribution in [0.2, 0.25) is 0 Å². The lowest BCUT2D eigenvalue weighted by Gasteiger charge is -2.31. The predicted molar refractivity (Wildman–Crippen MR) is 65.7 cm³/mol. The number of carbonyl (C=O) groups excluding carboxylic acids is 1. The van der Waals surface area contributed by atoms with E-state index in [2.05, 4.69) is 39.4 Å². The molecule has 0 bridgehead atoms. The van der Waals surface area contributed by atoms with E-state index in [1.807, 2.05) is 20.8 Å². The molecule has 0 aliphatic heterocycles. The maximum Gasteiger partial charge on any atom is 0.155 e. The van der Waals surface area contributed by atoms with Crippen LogP contribution < -0.4 is 5.32 Å². The minimum Gasteiger partial charge on any atom is -0.302 e. The van der Waals surface area contributed by atoms with Gasteiger partial charge < -0.3 is 5.32 Å². The standard InChI is InChI=1S/C13H26NO/c1-8-9-10(14-13(5,6)7)11(15)12(2,3)4/h9-10,14H,8H2,1-7H3. The van der Waals surface area contributed by atoms with Gasteiger partial charge >= 0.3 is 0 Å². The third-order valence-electron chi connectivity index (χ3n) is 2.08. The van der Waals surface area contributed by atoms with Crippen LogP contribution in [-0.4, -0.2) is 17.4 Å². The molecule has 1 atom stereocenters. The van der Waals surface area contributed by atoms with Crippen LogP contribution in [0.5, 0.6) is 0 Å². The molecule has 0 aliphatic carbocycles. The first-order valence-corrected chi connectivity index (χ1v) is 5.73. The van der Waals surface area contributed by atoms with Crippen molar-refractivity contribution < 1.29 is 4.79 Å². The van der Waals surface area contributed by atoms with Crippen LogP contribution >= 0.6 is 0 Å². The van der Waals surface area contributed by atoms with Crippen molar-refractivity contribution in [2.75, 3.05) is 0 Å². The summed E-state index contributed by atoms with van der Waals surface area (Å²) in [6, 6.07) is -0.130. The molecule has 1 radical (unpaired) electrons. The summed E-state index contributed by atoms with van der Waals surface area (Å²) < 4.78 is 0. The second-order valence-electron chi connectivity index (χ2n) is 6.13. The first-order valence-electron chi connectivity index (χ1n) is 5.73. The van der Waals surface area contributed by atoms with Gasteiger partial charge in [-0.25, -0.2) is 0 Å². The zero-order valence-corrected chi connectivity index (χ0v) is 11.3. The summed E-state index contributed by atoms with van der Waals surface area (Å²) in [6.45, 7) is 14.2. The molecule has 15 heavy (non-hydrogen) atoms. The second kappa shape index (κ2) is 5.11. The van der Waals surface area contributed by atoms with Gasteiger partial charge in [0, 0.05) is 11.0 Å². The number of ketones is 1. The minimum absolute atomic E-state index is 0.0305. The fraction of sp³-hybridized carbons (Fsp3) is 0.846. The Bertz CT molecular complexity index is 208. The summed E-state index contributed by atoms with van der Waals surface area (Å²) in [4.78, 5) is 12.1. The van der Waals surface area contributed by atoms with E-state index in [0.717, 1.165) is 6.42 Å². The second-order valence-corrected chi connectivity index (χ2v) is 6.13. The SMILES string of the molecule is CC[CH]C(NC(C)(C)C)C(=O)C(C)(C)C. The molecule has 0 saturated heterocycles. The largest absolute Gasteiger partial charge is 0.302 e. The van der Waals surface area contributed by atoms with E-state index in [-0.39, 0.29) is 22.8 Å². The van der Waals surface area contributed by atoms with Gasteiger partial charge in [-0.05, 0) is 27.2 Å². The van der Waals surface area contributed by atoms with E-state index >= 15 is 0 Å². The van der Waals surface area contributed by atoms with Crippen molar-refractivity contribution in [2.45, 2.75) is 66.5 Å². The molecule has 0 heterocycles. The maximum atomic E-state index is 12.1. The molecule has 0 spiro atoms. The normalized spacial score (nSPS) is 15.1. The molecular formula is C13H26NO. The molecule has 0 fully saturated rings. The Balaban J connectivity index is 4.60. The fourth-order valence-electron chi connectivity index (χ4n) is 1.40. The van der Waals surface area contributed by atoms with Crippen LogP contribution in [0.15, 0.2) is 0 Å². The van der Waals surface area contributed by atoms with Crippen LogP contribution in [-0.2, 0) is 4.79 Å². The van der Waals surface area contributed by atoms with Gasteiger partial charge in [0.2, 0.25) is 0 Å². The number of carbonyl (C=O) groups is 1. The first kappa shape index (κ1) is 14.6. The van der Waals surface area contributed by atoms with Gasteiger partial charge in [0.25, 0.3) is 0 Å². The van der Waals surface area contributed by atoms with Crippen LogP contribution in [0.25, 0.3) is 0 Å². The average molecular weight is 212 g/mol. The van der Waals surface area contributed by atoms with Crippen molar-refractivity contribution >= 4 is 5.78 Å². The lowest BCUT2D eigenvalue weighted by molar-refractivity contribution is -0.128. The van der Waals surface area contributed by atoms with Gasteiger partial charge in [0.05, 0.1) is 6.04 Å². The topological polar surface area (TPSA) is 29.1 Å². The summed E-state index contributed by atoms with van der Waals surface area (Å²) in [5, 5.41) is 3.36. The number of Topliss-reactive ketones (excluding diaryl/α,β-unsaturated/α-hetero) is 1. The highest BCUT2D eigenvalue weighted by molar-refractivity contribution is 5.90. The van der Waals surface area contributed by atoms with Crippen LogP contribution in [0.3, 0.4) is 0 Å². The van der Waals surface area contributed by atoms with Crippen molar-refractivity contribution in [2.24, 2.45) is 5.41 Å². The van der Waals surface area contributed by atoms with Crippen molar-refractivity contribution in [1.82, 2.24) is 5.32 Å². The Hall–Kier alpha value is -0.370. The number of hydrogen-bond donors (Lipinski definition) is 1. The van der Waals surface area contributed by atoms with Gasteiger partial charge in [-0.2, -0.15) is 0 Å². The van der Waals surface area contributed by atoms with E-state index in [4.69, 9.17) is 0 Å². The van der Waals surface area contributed by atoms with Crippen molar-refractivity contribution in [3.63, 3.8) is 0 Å². The molecule has 0 aromatic heterocycles. The summed E-state index contributed by atoms with van der Waals surface area (Å²) in [7, 11) is 0. The smallest absolute Gasteiger partial charge is 0.155 e. The van der Waals surface area contributed by atoms with Crippen LogP contribution in [0.4, 0.5) is 0 Å². The number of nitrogens with one attached hydrogen (secondary N) is 1. The monoisotopic (exact) mass is 212 g/mol. The Kier molecular flexibility index (Phi) is 4.98. The molecule has 0 aliphatic rings. The molecule has 2 heteroatoms. The molecule has 1 unspecified atom stereocenters. The Morgan fingerprint density at radius 3 is 1.93 bits per heavy atom. The highest BCUT2D eigenvalue weighted by Gasteiger charge is 2.31. The van der Waals surface area contributed by atoms with Crippen LogP contribution in [0.1, 0.15) is 54.9 Å². The van der Waals surface area contributed by atoms with E-state index in [9.17, 15) is 4.79 Å². The molecule has 0 amide bonds. The van der Waals surface area contributed by atoms with E-state index in [1.54, 1.807) is 0 Å². The fourth-order valence-corrected chi connectivity index (χ4v) is 1.40. The third-order valence-corrected chi connectivity index (χ3v) is 2.08. The van der Waals surface area contributed by atoms with Gasteiger partial charge in [0.15, 0.2) is 5.78 Å². The van der Waals surface area contributed by atoms with Crippen molar-refractivity contribution in [1.29, 1.82) is 0 Å². The molecule has 2 nitrogen and oxygen atoms in total. The molecule has 89 valence electrons. The average Bonchev–Trinajstić information content (AvgIpc) is 1.98. The van der Waals surface area contributed by atoms with E-state index < -0.39 is 0 Å². The van der Waals surface area contributed by atoms with Gasteiger partial charge in [-0.3, -0.25) is 4.79 Å². The summed E-state index contributed by atoms with van der Waals surface area (Å²) >= 11 is 0. The third kappa shape index (κ3) is 5.93. The number of rotatable bonds is 4.